The number of hydrogen-bond acceptors (Lipinski definition) is 6. The van der Waals surface area contributed by atoms with E-state index in [4.69, 9.17) is 28.4 Å². The Morgan fingerprint density at radius 1 is 0.708 bits per heavy atom. The van der Waals surface area contributed by atoms with Crippen LogP contribution in [0.4, 0.5) is 0 Å². The molecule has 0 fully saturated rings. The van der Waals surface area contributed by atoms with Gasteiger partial charge in [-0.05, 0) is 19.9 Å². The van der Waals surface area contributed by atoms with Crippen LogP contribution in [0, 0.1) is 6.07 Å². The van der Waals surface area contributed by atoms with Crippen molar-refractivity contribution >= 4 is 0 Å². The summed E-state index contributed by atoms with van der Waals surface area (Å²) in [5, 5.41) is 0. The Morgan fingerprint density at radius 3 is 1.88 bits per heavy atom. The number of ether oxygens (including phenoxy) is 6. The van der Waals surface area contributed by atoms with Crippen LogP contribution in [0.15, 0.2) is 18.2 Å². The predicted octanol–water partition coefficient (Wildman–Crippen LogP) is 2.35. The first kappa shape index (κ1) is 20.7. The molecule has 0 saturated heterocycles. The van der Waals surface area contributed by atoms with Crippen molar-refractivity contribution in [3.63, 3.8) is 0 Å². The largest absolute Gasteiger partial charge is 0.487 e. The molecule has 0 heterocycles. The van der Waals surface area contributed by atoms with Gasteiger partial charge in [-0.3, -0.25) is 0 Å². The lowest BCUT2D eigenvalue weighted by Crippen LogP contribution is -2.13. The van der Waals surface area contributed by atoms with Gasteiger partial charge in [-0.1, -0.05) is 12.1 Å². The zero-order valence-electron chi connectivity index (χ0n) is 14.8. The lowest BCUT2D eigenvalue weighted by atomic mass is 10.3. The summed E-state index contributed by atoms with van der Waals surface area (Å²) < 4.78 is 32.5. The summed E-state index contributed by atoms with van der Waals surface area (Å²) in [6.45, 7) is 9.56. The molecule has 0 spiro atoms. The lowest BCUT2D eigenvalue weighted by molar-refractivity contribution is 0.0369. The predicted molar refractivity (Wildman–Crippen MR) is 90.9 cm³/mol. The van der Waals surface area contributed by atoms with Crippen LogP contribution in [0.2, 0.25) is 0 Å². The molecule has 0 aliphatic carbocycles. The third-order valence-electron chi connectivity index (χ3n) is 2.89. The third kappa shape index (κ3) is 10.4. The first-order valence-electron chi connectivity index (χ1n) is 8.45. The molecular weight excluding hydrogens is 312 g/mol. The van der Waals surface area contributed by atoms with Crippen molar-refractivity contribution in [2.75, 3.05) is 66.1 Å². The van der Waals surface area contributed by atoms with Crippen LogP contribution in [0.25, 0.3) is 0 Å². The molecule has 0 amide bonds. The summed E-state index contributed by atoms with van der Waals surface area (Å²) in [6, 6.07) is 8.52. The van der Waals surface area contributed by atoms with Crippen LogP contribution in [0.5, 0.6) is 11.5 Å². The van der Waals surface area contributed by atoms with Crippen molar-refractivity contribution in [3.8, 4) is 11.5 Å². The van der Waals surface area contributed by atoms with Crippen LogP contribution in [-0.4, -0.2) is 66.1 Å². The number of para-hydroxylation sites is 1. The van der Waals surface area contributed by atoms with Crippen LogP contribution in [-0.2, 0) is 18.9 Å². The fourth-order valence-electron chi connectivity index (χ4n) is 1.77. The Kier molecular flexibility index (Phi) is 13.1. The Hall–Kier alpha value is -1.34. The molecule has 0 aliphatic rings. The fourth-order valence-corrected chi connectivity index (χ4v) is 1.77. The van der Waals surface area contributed by atoms with Crippen LogP contribution >= 0.6 is 0 Å². The second-order valence-corrected chi connectivity index (χ2v) is 4.68. The fraction of sp³-hybridized carbons (Fsp3) is 0.667. The van der Waals surface area contributed by atoms with Gasteiger partial charge in [-0.15, -0.1) is 0 Å². The maximum absolute atomic E-state index is 5.67. The Morgan fingerprint density at radius 2 is 1.25 bits per heavy atom. The van der Waals surface area contributed by atoms with Crippen molar-refractivity contribution in [2.24, 2.45) is 0 Å². The molecule has 6 nitrogen and oxygen atoms in total. The van der Waals surface area contributed by atoms with Gasteiger partial charge in [0.2, 0.25) is 0 Å². The minimum atomic E-state index is 0.438. The van der Waals surface area contributed by atoms with E-state index < -0.39 is 0 Å². The van der Waals surface area contributed by atoms with Crippen molar-refractivity contribution < 1.29 is 28.4 Å². The highest BCUT2D eigenvalue weighted by molar-refractivity contribution is 5.38. The maximum atomic E-state index is 5.67. The minimum Gasteiger partial charge on any atom is -0.487 e. The highest BCUT2D eigenvalue weighted by Crippen LogP contribution is 2.25. The molecule has 6 heteroatoms. The summed E-state index contributed by atoms with van der Waals surface area (Å²) in [6.07, 6.45) is 0. The third-order valence-corrected chi connectivity index (χ3v) is 2.89. The SMILES string of the molecule is CCOCCOCCOc1[c]cccc1OCCOCCOCC. The van der Waals surface area contributed by atoms with E-state index in [-0.39, 0.29) is 0 Å². The van der Waals surface area contributed by atoms with E-state index in [2.05, 4.69) is 6.07 Å². The monoisotopic (exact) mass is 341 g/mol. The molecule has 0 atom stereocenters. The molecule has 1 radical (unpaired) electrons. The topological polar surface area (TPSA) is 55.4 Å². The highest BCUT2D eigenvalue weighted by atomic mass is 16.6. The standard InChI is InChI=1S/C18H29O6/c1-3-19-9-11-21-13-15-23-17-7-5-6-8-18(17)24-16-14-22-12-10-20-4-2/h5-7H,3-4,9-16H2,1-2H3. The summed E-state index contributed by atoms with van der Waals surface area (Å²) in [7, 11) is 0. The van der Waals surface area contributed by atoms with Crippen molar-refractivity contribution in [2.45, 2.75) is 13.8 Å². The minimum absolute atomic E-state index is 0.438. The summed E-state index contributed by atoms with van der Waals surface area (Å²) >= 11 is 0. The Bertz CT molecular complexity index is 362. The maximum Gasteiger partial charge on any atom is 0.169 e. The number of hydrogen-bond donors (Lipinski definition) is 0. The summed E-state index contributed by atoms with van der Waals surface area (Å²) in [4.78, 5) is 0. The molecule has 0 N–H and O–H groups in total. The molecule has 1 rings (SSSR count). The first-order valence-corrected chi connectivity index (χ1v) is 8.45. The molecule has 0 saturated carbocycles. The zero-order chi connectivity index (χ0) is 17.3. The summed E-state index contributed by atoms with van der Waals surface area (Å²) in [5.74, 6) is 1.24. The Balaban J connectivity index is 2.14. The van der Waals surface area contributed by atoms with Gasteiger partial charge in [-0.2, -0.15) is 0 Å². The van der Waals surface area contributed by atoms with E-state index in [1.54, 1.807) is 6.07 Å². The van der Waals surface area contributed by atoms with Crippen molar-refractivity contribution in [1.29, 1.82) is 0 Å². The second-order valence-electron chi connectivity index (χ2n) is 4.68. The van der Waals surface area contributed by atoms with Gasteiger partial charge in [0.15, 0.2) is 11.5 Å². The van der Waals surface area contributed by atoms with E-state index in [9.17, 15) is 0 Å². The van der Waals surface area contributed by atoms with Crippen LogP contribution in [0.1, 0.15) is 13.8 Å². The molecule has 0 bridgehead atoms. The average Bonchev–Trinajstić information content (AvgIpc) is 2.61. The van der Waals surface area contributed by atoms with Gasteiger partial charge >= 0.3 is 0 Å². The van der Waals surface area contributed by atoms with Crippen LogP contribution in [0.3, 0.4) is 0 Å². The van der Waals surface area contributed by atoms with Crippen molar-refractivity contribution in [1.82, 2.24) is 0 Å². The molecule has 0 aliphatic heterocycles. The second kappa shape index (κ2) is 15.2. The van der Waals surface area contributed by atoms with Gasteiger partial charge in [0, 0.05) is 19.3 Å². The first-order chi connectivity index (χ1) is 11.9. The Labute approximate surface area is 144 Å². The normalized spacial score (nSPS) is 10.8. The van der Waals surface area contributed by atoms with E-state index in [1.807, 2.05) is 26.0 Å². The molecule has 24 heavy (non-hydrogen) atoms. The highest BCUT2D eigenvalue weighted by Gasteiger charge is 2.04. The van der Waals surface area contributed by atoms with Gasteiger partial charge in [-0.25, -0.2) is 0 Å². The molecule has 0 unspecified atom stereocenters. The number of benzene rings is 1. The van der Waals surface area contributed by atoms with Gasteiger partial charge in [0.05, 0.1) is 39.6 Å². The molecule has 0 aromatic heterocycles. The average molecular weight is 341 g/mol. The van der Waals surface area contributed by atoms with E-state index in [1.165, 1.54) is 0 Å². The summed E-state index contributed by atoms with van der Waals surface area (Å²) in [5.41, 5.74) is 0. The molecule has 1 aromatic rings. The van der Waals surface area contributed by atoms with Crippen molar-refractivity contribution in [3.05, 3.63) is 24.3 Å². The number of rotatable bonds is 16. The van der Waals surface area contributed by atoms with Gasteiger partial charge < -0.3 is 28.4 Å². The van der Waals surface area contributed by atoms with Gasteiger partial charge in [0.1, 0.15) is 13.2 Å². The quantitative estimate of drug-likeness (QED) is 0.430. The van der Waals surface area contributed by atoms with E-state index in [0.29, 0.717) is 77.6 Å². The van der Waals surface area contributed by atoms with E-state index in [0.717, 1.165) is 0 Å². The molecule has 137 valence electrons. The van der Waals surface area contributed by atoms with Crippen LogP contribution < -0.4 is 9.47 Å². The zero-order valence-corrected chi connectivity index (χ0v) is 14.8. The molecular formula is C18H29O6. The lowest BCUT2D eigenvalue weighted by Gasteiger charge is -2.12. The van der Waals surface area contributed by atoms with Gasteiger partial charge in [0.25, 0.3) is 0 Å². The van der Waals surface area contributed by atoms with E-state index >= 15 is 0 Å². The smallest absolute Gasteiger partial charge is 0.169 e. The molecule has 1 aromatic carbocycles.